The van der Waals surface area contributed by atoms with Gasteiger partial charge in [0, 0.05) is 6.04 Å². The summed E-state index contributed by atoms with van der Waals surface area (Å²) in [6, 6.07) is 2.70. The third-order valence-electron chi connectivity index (χ3n) is 3.98. The standard InChI is InChI=1S/C15H21F2NO2S/c1-2-9-18-14-5-3-4-6-15(14)21(19,20)11-7-8-12(16)13(17)10-11/h7-8,10,14-15,18H,2-6,9H2,1H3. The first-order valence-corrected chi connectivity index (χ1v) is 8.93. The smallest absolute Gasteiger partial charge is 0.182 e. The molecule has 118 valence electrons. The summed E-state index contributed by atoms with van der Waals surface area (Å²) in [6.45, 7) is 2.78. The molecule has 2 rings (SSSR count). The molecule has 3 nitrogen and oxygen atoms in total. The number of benzene rings is 1. The minimum atomic E-state index is -3.65. The lowest BCUT2D eigenvalue weighted by molar-refractivity contribution is 0.371. The molecule has 1 fully saturated rings. The van der Waals surface area contributed by atoms with Crippen LogP contribution in [0.5, 0.6) is 0 Å². The van der Waals surface area contributed by atoms with Gasteiger partial charge in [-0.1, -0.05) is 19.8 Å². The molecule has 0 radical (unpaired) electrons. The fourth-order valence-electron chi connectivity index (χ4n) is 2.86. The molecule has 0 bridgehead atoms. The first-order chi connectivity index (χ1) is 9.96. The molecule has 1 aromatic carbocycles. The second-order valence-corrected chi connectivity index (χ2v) is 7.67. The lowest BCUT2D eigenvalue weighted by atomic mass is 9.95. The van der Waals surface area contributed by atoms with E-state index in [2.05, 4.69) is 5.32 Å². The second kappa shape index (κ2) is 6.83. The number of nitrogens with one attached hydrogen (secondary N) is 1. The Morgan fingerprint density at radius 3 is 2.57 bits per heavy atom. The van der Waals surface area contributed by atoms with Gasteiger partial charge < -0.3 is 5.32 Å². The van der Waals surface area contributed by atoms with Crippen LogP contribution in [0.25, 0.3) is 0 Å². The molecule has 2 unspecified atom stereocenters. The highest BCUT2D eigenvalue weighted by molar-refractivity contribution is 7.92. The first-order valence-electron chi connectivity index (χ1n) is 7.39. The van der Waals surface area contributed by atoms with Crippen LogP contribution in [0.4, 0.5) is 8.78 Å². The molecule has 6 heteroatoms. The molecular weight excluding hydrogens is 296 g/mol. The van der Waals surface area contributed by atoms with E-state index in [0.717, 1.165) is 50.4 Å². The molecular formula is C15H21F2NO2S. The van der Waals surface area contributed by atoms with Crippen molar-refractivity contribution in [1.82, 2.24) is 5.32 Å². The van der Waals surface area contributed by atoms with Crippen LogP contribution in [0, 0.1) is 11.6 Å². The van der Waals surface area contributed by atoms with Crippen LogP contribution in [-0.4, -0.2) is 26.3 Å². The van der Waals surface area contributed by atoms with E-state index in [-0.39, 0.29) is 10.9 Å². The maximum atomic E-state index is 13.3. The summed E-state index contributed by atoms with van der Waals surface area (Å²) in [6.07, 6.45) is 4.12. The number of sulfone groups is 1. The summed E-state index contributed by atoms with van der Waals surface area (Å²) >= 11 is 0. The van der Waals surface area contributed by atoms with Crippen LogP contribution in [-0.2, 0) is 9.84 Å². The van der Waals surface area contributed by atoms with E-state index in [1.54, 1.807) is 0 Å². The maximum Gasteiger partial charge on any atom is 0.182 e. The van der Waals surface area contributed by atoms with Crippen molar-refractivity contribution in [2.24, 2.45) is 0 Å². The summed E-state index contributed by atoms with van der Waals surface area (Å²) in [5, 5.41) is 2.71. The van der Waals surface area contributed by atoms with Gasteiger partial charge in [-0.2, -0.15) is 0 Å². The van der Waals surface area contributed by atoms with Gasteiger partial charge in [-0.25, -0.2) is 17.2 Å². The van der Waals surface area contributed by atoms with Crippen molar-refractivity contribution in [3.05, 3.63) is 29.8 Å². The Bertz CT molecular complexity index is 589. The Labute approximate surface area is 124 Å². The summed E-state index contributed by atoms with van der Waals surface area (Å²) in [4.78, 5) is -0.128. The van der Waals surface area contributed by atoms with Crippen molar-refractivity contribution in [3.63, 3.8) is 0 Å². The molecule has 21 heavy (non-hydrogen) atoms. The van der Waals surface area contributed by atoms with E-state index in [0.29, 0.717) is 6.42 Å². The average molecular weight is 317 g/mol. The Hall–Kier alpha value is -1.01. The van der Waals surface area contributed by atoms with Crippen LogP contribution in [0.2, 0.25) is 0 Å². The zero-order chi connectivity index (χ0) is 15.5. The lowest BCUT2D eigenvalue weighted by Gasteiger charge is -2.32. The van der Waals surface area contributed by atoms with Gasteiger partial charge in [0.15, 0.2) is 21.5 Å². The number of halogens is 2. The summed E-state index contributed by atoms with van der Waals surface area (Å²) in [7, 11) is -3.65. The van der Waals surface area contributed by atoms with Crippen molar-refractivity contribution in [3.8, 4) is 0 Å². The SMILES string of the molecule is CCCNC1CCCCC1S(=O)(=O)c1ccc(F)c(F)c1. The van der Waals surface area contributed by atoms with Gasteiger partial charge in [0.1, 0.15) is 0 Å². The highest BCUT2D eigenvalue weighted by Crippen LogP contribution is 2.29. The number of hydrogen-bond acceptors (Lipinski definition) is 3. The molecule has 0 heterocycles. The van der Waals surface area contributed by atoms with Gasteiger partial charge in [0.2, 0.25) is 0 Å². The van der Waals surface area contributed by atoms with Crippen LogP contribution in [0.3, 0.4) is 0 Å². The molecule has 0 saturated heterocycles. The van der Waals surface area contributed by atoms with Crippen LogP contribution < -0.4 is 5.32 Å². The summed E-state index contributed by atoms with van der Waals surface area (Å²) < 4.78 is 51.7. The fraction of sp³-hybridized carbons (Fsp3) is 0.600. The topological polar surface area (TPSA) is 46.2 Å². The van der Waals surface area contributed by atoms with Crippen LogP contribution >= 0.6 is 0 Å². The lowest BCUT2D eigenvalue weighted by Crippen LogP contribution is -2.46. The first kappa shape index (κ1) is 16.4. The van der Waals surface area contributed by atoms with Crippen LogP contribution in [0.15, 0.2) is 23.1 Å². The molecule has 0 aliphatic heterocycles. The largest absolute Gasteiger partial charge is 0.313 e. The third-order valence-corrected chi connectivity index (χ3v) is 6.25. The number of rotatable bonds is 5. The monoisotopic (exact) mass is 317 g/mol. The second-order valence-electron chi connectivity index (χ2n) is 5.50. The zero-order valence-corrected chi connectivity index (χ0v) is 12.9. The normalized spacial score (nSPS) is 23.2. The molecule has 1 aromatic rings. The predicted molar refractivity (Wildman–Crippen MR) is 77.9 cm³/mol. The van der Waals surface area contributed by atoms with Gasteiger partial charge in [0.05, 0.1) is 10.1 Å². The Morgan fingerprint density at radius 2 is 1.90 bits per heavy atom. The van der Waals surface area contributed by atoms with Gasteiger partial charge in [-0.15, -0.1) is 0 Å². The quantitative estimate of drug-likeness (QED) is 0.849. The molecule has 0 spiro atoms. The maximum absolute atomic E-state index is 13.3. The molecule has 0 amide bonds. The number of hydrogen-bond donors (Lipinski definition) is 1. The van der Waals surface area contributed by atoms with E-state index < -0.39 is 26.7 Å². The van der Waals surface area contributed by atoms with Gasteiger partial charge >= 0.3 is 0 Å². The van der Waals surface area contributed by atoms with Crippen molar-refractivity contribution >= 4 is 9.84 Å². The summed E-state index contributed by atoms with van der Waals surface area (Å²) in [5.41, 5.74) is 0. The third kappa shape index (κ3) is 3.61. The Balaban J connectivity index is 2.28. The highest BCUT2D eigenvalue weighted by atomic mass is 32.2. The predicted octanol–water partition coefficient (Wildman–Crippen LogP) is 3.05. The van der Waals surface area contributed by atoms with Gasteiger partial charge in [0.25, 0.3) is 0 Å². The minimum Gasteiger partial charge on any atom is -0.313 e. The molecule has 1 saturated carbocycles. The molecule has 1 aliphatic carbocycles. The van der Waals surface area contributed by atoms with Gasteiger partial charge in [-0.05, 0) is 44.0 Å². The van der Waals surface area contributed by atoms with E-state index in [1.807, 2.05) is 6.92 Å². The minimum absolute atomic E-state index is 0.114. The summed E-state index contributed by atoms with van der Waals surface area (Å²) in [5.74, 6) is -2.15. The van der Waals surface area contributed by atoms with E-state index >= 15 is 0 Å². The van der Waals surface area contributed by atoms with Crippen molar-refractivity contribution < 1.29 is 17.2 Å². The average Bonchev–Trinajstić information content (AvgIpc) is 2.48. The molecule has 1 N–H and O–H groups in total. The molecule has 0 aromatic heterocycles. The van der Waals surface area contributed by atoms with E-state index in [9.17, 15) is 17.2 Å². The Kier molecular flexibility index (Phi) is 5.32. The van der Waals surface area contributed by atoms with Crippen molar-refractivity contribution in [2.45, 2.75) is 55.2 Å². The molecule has 2 atom stereocenters. The van der Waals surface area contributed by atoms with E-state index in [4.69, 9.17) is 0 Å². The fourth-order valence-corrected chi connectivity index (χ4v) is 4.88. The van der Waals surface area contributed by atoms with E-state index in [1.165, 1.54) is 0 Å². The van der Waals surface area contributed by atoms with Crippen molar-refractivity contribution in [1.29, 1.82) is 0 Å². The molecule has 1 aliphatic rings. The van der Waals surface area contributed by atoms with Crippen molar-refractivity contribution in [2.75, 3.05) is 6.54 Å². The Morgan fingerprint density at radius 1 is 1.19 bits per heavy atom. The van der Waals surface area contributed by atoms with Crippen LogP contribution in [0.1, 0.15) is 39.0 Å². The highest BCUT2D eigenvalue weighted by Gasteiger charge is 2.36. The van der Waals surface area contributed by atoms with Gasteiger partial charge in [-0.3, -0.25) is 0 Å². The zero-order valence-electron chi connectivity index (χ0n) is 12.1.